The summed E-state index contributed by atoms with van der Waals surface area (Å²) in [6.07, 6.45) is 0. The van der Waals surface area contributed by atoms with Gasteiger partial charge in [-0.25, -0.2) is 4.63 Å². The van der Waals surface area contributed by atoms with Gasteiger partial charge in [0.1, 0.15) is 11.0 Å². The van der Waals surface area contributed by atoms with Crippen LogP contribution in [0.25, 0.3) is 16.7 Å². The molecule has 4 rings (SSSR count). The predicted molar refractivity (Wildman–Crippen MR) is 80.5 cm³/mol. The van der Waals surface area contributed by atoms with Crippen molar-refractivity contribution in [3.63, 3.8) is 0 Å². The number of thioether (sulfide) groups is 1. The van der Waals surface area contributed by atoms with Crippen LogP contribution in [0.15, 0.2) is 58.3 Å². The van der Waals surface area contributed by atoms with E-state index < -0.39 is 0 Å². The lowest BCUT2D eigenvalue weighted by Crippen LogP contribution is -1.98. The van der Waals surface area contributed by atoms with Crippen LogP contribution in [0.3, 0.4) is 0 Å². The van der Waals surface area contributed by atoms with Crippen molar-refractivity contribution >= 4 is 22.8 Å². The fourth-order valence-corrected chi connectivity index (χ4v) is 2.90. The summed E-state index contributed by atoms with van der Waals surface area (Å²) in [5.41, 5.74) is 3.55. The van der Waals surface area contributed by atoms with Crippen molar-refractivity contribution in [2.75, 3.05) is 0 Å². The lowest BCUT2D eigenvalue weighted by atomic mass is 10.2. The van der Waals surface area contributed by atoms with Gasteiger partial charge in [0, 0.05) is 5.75 Å². The van der Waals surface area contributed by atoms with Crippen LogP contribution < -0.4 is 0 Å². The first kappa shape index (κ1) is 13.0. The fraction of sp³-hybridized carbons (Fsp3) is 0.0714. The number of para-hydroxylation sites is 1. The largest absolute Gasteiger partial charge is 0.243 e. The van der Waals surface area contributed by atoms with Gasteiger partial charge in [0.15, 0.2) is 0 Å². The highest BCUT2D eigenvalue weighted by Gasteiger charge is 2.09. The zero-order chi connectivity index (χ0) is 14.8. The van der Waals surface area contributed by atoms with E-state index in [1.54, 1.807) is 16.4 Å². The monoisotopic (exact) mass is 310 g/mol. The number of fused-ring (bicyclic) bond motifs is 1. The van der Waals surface area contributed by atoms with Crippen molar-refractivity contribution in [2.24, 2.45) is 0 Å². The molecule has 0 aliphatic heterocycles. The SMILES string of the molecule is c1ccc(-n2nnnc2SCc2ccc3nonc3c2)cc1. The van der Waals surface area contributed by atoms with E-state index in [9.17, 15) is 0 Å². The van der Waals surface area contributed by atoms with Gasteiger partial charge >= 0.3 is 0 Å². The molecule has 0 aliphatic rings. The highest BCUT2D eigenvalue weighted by atomic mass is 32.2. The Morgan fingerprint density at radius 1 is 1.00 bits per heavy atom. The molecule has 8 heteroatoms. The Morgan fingerprint density at radius 2 is 1.86 bits per heavy atom. The summed E-state index contributed by atoms with van der Waals surface area (Å²) in [6.45, 7) is 0. The molecule has 2 aromatic carbocycles. The molecular weight excluding hydrogens is 300 g/mol. The molecule has 2 aromatic heterocycles. The Bertz CT molecular complexity index is 904. The summed E-state index contributed by atoms with van der Waals surface area (Å²) in [5.74, 6) is 0.732. The van der Waals surface area contributed by atoms with Gasteiger partial charge < -0.3 is 0 Å². The predicted octanol–water partition coefficient (Wildman–Crippen LogP) is 2.49. The van der Waals surface area contributed by atoms with Gasteiger partial charge in [0.25, 0.3) is 0 Å². The Hall–Kier alpha value is -2.74. The first-order valence-electron chi connectivity index (χ1n) is 6.58. The van der Waals surface area contributed by atoms with Crippen LogP contribution in [0.1, 0.15) is 5.56 Å². The minimum Gasteiger partial charge on any atom is -0.243 e. The summed E-state index contributed by atoms with van der Waals surface area (Å²) in [7, 11) is 0. The van der Waals surface area contributed by atoms with E-state index in [0.29, 0.717) is 0 Å². The lowest BCUT2D eigenvalue weighted by molar-refractivity contribution is 0.315. The molecule has 7 nitrogen and oxygen atoms in total. The molecule has 0 aliphatic carbocycles. The van der Waals surface area contributed by atoms with Crippen LogP contribution >= 0.6 is 11.8 Å². The first-order valence-corrected chi connectivity index (χ1v) is 7.56. The van der Waals surface area contributed by atoms with Gasteiger partial charge in [-0.15, -0.1) is 5.10 Å². The van der Waals surface area contributed by atoms with Crippen LogP contribution in [-0.4, -0.2) is 30.5 Å². The molecule has 0 bridgehead atoms. The second kappa shape index (κ2) is 5.57. The number of aromatic nitrogens is 6. The second-order valence-corrected chi connectivity index (χ2v) is 5.53. The van der Waals surface area contributed by atoms with Gasteiger partial charge in [-0.3, -0.25) is 0 Å². The second-order valence-electron chi connectivity index (χ2n) is 4.58. The molecule has 0 amide bonds. The molecule has 0 saturated heterocycles. The topological polar surface area (TPSA) is 82.5 Å². The molecule has 108 valence electrons. The van der Waals surface area contributed by atoms with Crippen LogP contribution in [0.4, 0.5) is 0 Å². The zero-order valence-electron chi connectivity index (χ0n) is 11.3. The fourth-order valence-electron chi connectivity index (χ4n) is 2.07. The summed E-state index contributed by atoms with van der Waals surface area (Å²) in [4.78, 5) is 0. The van der Waals surface area contributed by atoms with Crippen LogP contribution in [0.2, 0.25) is 0 Å². The zero-order valence-corrected chi connectivity index (χ0v) is 12.1. The van der Waals surface area contributed by atoms with Crippen LogP contribution in [-0.2, 0) is 5.75 Å². The summed E-state index contributed by atoms with van der Waals surface area (Å²) < 4.78 is 6.43. The lowest BCUT2D eigenvalue weighted by Gasteiger charge is -2.03. The van der Waals surface area contributed by atoms with E-state index in [1.165, 1.54) is 0 Å². The number of nitrogens with zero attached hydrogens (tertiary/aromatic N) is 6. The third-order valence-electron chi connectivity index (χ3n) is 3.13. The van der Waals surface area contributed by atoms with Gasteiger partial charge in [-0.2, -0.15) is 4.68 Å². The molecule has 0 fully saturated rings. The van der Waals surface area contributed by atoms with Crippen molar-refractivity contribution in [1.82, 2.24) is 30.5 Å². The minimum atomic E-state index is 0.732. The molecule has 0 spiro atoms. The molecule has 0 unspecified atom stereocenters. The molecule has 22 heavy (non-hydrogen) atoms. The smallest absolute Gasteiger partial charge is 0.214 e. The average molecular weight is 310 g/mol. The standard InChI is InChI=1S/C14H10N6OS/c1-2-4-11(5-3-1)20-14(15-18-19-20)22-9-10-6-7-12-13(8-10)17-21-16-12/h1-8H,9H2. The third-order valence-corrected chi connectivity index (χ3v) is 4.12. The average Bonchev–Trinajstić information content (AvgIpc) is 3.22. The minimum absolute atomic E-state index is 0.732. The van der Waals surface area contributed by atoms with E-state index >= 15 is 0 Å². The normalized spacial score (nSPS) is 11.1. The first-order chi connectivity index (χ1) is 10.9. The molecular formula is C14H10N6OS. The van der Waals surface area contributed by atoms with E-state index in [2.05, 4.69) is 25.8 Å². The number of hydrogen-bond acceptors (Lipinski definition) is 7. The maximum absolute atomic E-state index is 4.70. The number of hydrogen-bond donors (Lipinski definition) is 0. The highest BCUT2D eigenvalue weighted by molar-refractivity contribution is 7.98. The Kier molecular flexibility index (Phi) is 3.28. The van der Waals surface area contributed by atoms with Crippen molar-refractivity contribution in [3.05, 3.63) is 54.1 Å². The Labute approximate surface area is 129 Å². The van der Waals surface area contributed by atoms with Crippen molar-refractivity contribution in [3.8, 4) is 5.69 Å². The van der Waals surface area contributed by atoms with Crippen LogP contribution in [0.5, 0.6) is 0 Å². The third kappa shape index (κ3) is 2.44. The van der Waals surface area contributed by atoms with E-state index in [4.69, 9.17) is 4.63 Å². The maximum atomic E-state index is 4.70. The summed E-state index contributed by atoms with van der Waals surface area (Å²) in [5, 5.41) is 20.3. The quantitative estimate of drug-likeness (QED) is 0.535. The molecule has 0 atom stereocenters. The number of benzene rings is 2. The van der Waals surface area contributed by atoms with E-state index in [1.807, 2.05) is 48.5 Å². The van der Waals surface area contributed by atoms with E-state index in [0.717, 1.165) is 33.2 Å². The number of tetrazole rings is 1. The molecule has 0 saturated carbocycles. The van der Waals surface area contributed by atoms with Gasteiger partial charge in [0.2, 0.25) is 5.16 Å². The molecule has 0 N–H and O–H groups in total. The number of rotatable bonds is 4. The van der Waals surface area contributed by atoms with E-state index in [-0.39, 0.29) is 0 Å². The maximum Gasteiger partial charge on any atom is 0.214 e. The summed E-state index contributed by atoms with van der Waals surface area (Å²) in [6, 6.07) is 15.6. The Balaban J connectivity index is 1.56. The van der Waals surface area contributed by atoms with Gasteiger partial charge in [0.05, 0.1) is 5.69 Å². The van der Waals surface area contributed by atoms with Crippen molar-refractivity contribution in [2.45, 2.75) is 10.9 Å². The van der Waals surface area contributed by atoms with Crippen molar-refractivity contribution in [1.29, 1.82) is 0 Å². The van der Waals surface area contributed by atoms with Gasteiger partial charge in [-0.05, 0) is 50.6 Å². The summed E-state index contributed by atoms with van der Waals surface area (Å²) >= 11 is 1.56. The van der Waals surface area contributed by atoms with Crippen LogP contribution in [0, 0.1) is 0 Å². The highest BCUT2D eigenvalue weighted by Crippen LogP contribution is 2.23. The molecule has 2 heterocycles. The van der Waals surface area contributed by atoms with Gasteiger partial charge in [-0.1, -0.05) is 36.0 Å². The molecule has 0 radical (unpaired) electrons. The molecule has 4 aromatic rings. The van der Waals surface area contributed by atoms with Crippen molar-refractivity contribution < 1.29 is 4.63 Å². The Morgan fingerprint density at radius 3 is 2.77 bits per heavy atom.